The number of benzene rings is 1. The van der Waals surface area contributed by atoms with Crippen LogP contribution in [0.1, 0.15) is 12.5 Å². The molecule has 0 unspecified atom stereocenters. The van der Waals surface area contributed by atoms with Crippen molar-refractivity contribution < 1.29 is 14.3 Å². The summed E-state index contributed by atoms with van der Waals surface area (Å²) in [6.45, 7) is 5.00. The maximum atomic E-state index is 12.6. The minimum atomic E-state index is -0.643. The number of amides is 1. The first-order chi connectivity index (χ1) is 11.1. The lowest BCUT2D eigenvalue weighted by molar-refractivity contribution is -0.141. The molecule has 0 saturated carbocycles. The second kappa shape index (κ2) is 6.12. The number of anilines is 1. The number of rotatable bonds is 3. The summed E-state index contributed by atoms with van der Waals surface area (Å²) >= 11 is 0. The van der Waals surface area contributed by atoms with Crippen LogP contribution in [0, 0.1) is 6.92 Å². The summed E-state index contributed by atoms with van der Waals surface area (Å²) in [5.41, 5.74) is 4.71. The van der Waals surface area contributed by atoms with Crippen LogP contribution in [0.25, 0.3) is 0 Å². The predicted molar refractivity (Wildman–Crippen MR) is 85.5 cm³/mol. The Balaban J connectivity index is 1.88. The summed E-state index contributed by atoms with van der Waals surface area (Å²) in [5, 5.41) is 4.24. The normalized spacial score (nSPS) is 17.0. The zero-order chi connectivity index (χ0) is 16.4. The molecule has 2 aliphatic heterocycles. The highest BCUT2D eigenvalue weighted by Gasteiger charge is 2.37. The molecule has 120 valence electrons. The van der Waals surface area contributed by atoms with Crippen molar-refractivity contribution in [2.45, 2.75) is 13.8 Å². The molecule has 0 radical (unpaired) electrons. The second-order valence-electron chi connectivity index (χ2n) is 5.21. The summed E-state index contributed by atoms with van der Waals surface area (Å²) in [7, 11) is 0. The predicted octanol–water partition coefficient (Wildman–Crippen LogP) is 0.965. The van der Waals surface area contributed by atoms with Gasteiger partial charge in [0.1, 0.15) is 5.57 Å². The summed E-state index contributed by atoms with van der Waals surface area (Å²) in [4.78, 5) is 28.0. The molecule has 7 heteroatoms. The Labute approximate surface area is 134 Å². The van der Waals surface area contributed by atoms with Crippen molar-refractivity contribution in [3.8, 4) is 0 Å². The van der Waals surface area contributed by atoms with E-state index in [1.807, 2.05) is 36.1 Å². The molecule has 1 aromatic rings. The van der Waals surface area contributed by atoms with Crippen LogP contribution in [0.3, 0.4) is 0 Å². The molecule has 1 N–H and O–H groups in total. The number of hydrogen-bond donors (Lipinski definition) is 1. The Morgan fingerprint density at radius 2 is 2.04 bits per heavy atom. The van der Waals surface area contributed by atoms with Crippen molar-refractivity contribution in [2.24, 2.45) is 5.10 Å². The highest BCUT2D eigenvalue weighted by Crippen LogP contribution is 2.25. The van der Waals surface area contributed by atoms with E-state index in [1.165, 1.54) is 11.1 Å². The van der Waals surface area contributed by atoms with Gasteiger partial charge in [-0.25, -0.2) is 4.79 Å². The standard InChI is InChI=1S/C16H18N4O3/c1-3-23-15(22)12-10-17-18-16-19(8-9-20(16)14(12)21)13-7-5-4-6-11(13)2/h4-7,10,17H,3,8-9H2,1-2H3. The summed E-state index contributed by atoms with van der Waals surface area (Å²) in [5.74, 6) is -0.557. The number of hydrazone groups is 1. The lowest BCUT2D eigenvalue weighted by Gasteiger charge is -2.22. The van der Waals surface area contributed by atoms with E-state index in [0.717, 1.165) is 11.3 Å². The molecule has 0 bridgehead atoms. The van der Waals surface area contributed by atoms with Crippen LogP contribution in [0.5, 0.6) is 0 Å². The van der Waals surface area contributed by atoms with Gasteiger partial charge in [0.2, 0.25) is 5.96 Å². The summed E-state index contributed by atoms with van der Waals surface area (Å²) in [6.07, 6.45) is 1.29. The number of guanidine groups is 1. The number of ether oxygens (including phenoxy) is 1. The molecule has 0 aliphatic carbocycles. The average molecular weight is 314 g/mol. The lowest BCUT2D eigenvalue weighted by Crippen LogP contribution is -2.39. The van der Waals surface area contributed by atoms with Crippen molar-refractivity contribution >= 4 is 23.5 Å². The Kier molecular flexibility index (Phi) is 4.01. The third-order valence-electron chi connectivity index (χ3n) is 3.78. The Morgan fingerprint density at radius 1 is 1.30 bits per heavy atom. The van der Waals surface area contributed by atoms with Crippen molar-refractivity contribution in [2.75, 3.05) is 24.6 Å². The van der Waals surface area contributed by atoms with Gasteiger partial charge in [0, 0.05) is 25.0 Å². The van der Waals surface area contributed by atoms with E-state index in [2.05, 4.69) is 10.5 Å². The van der Waals surface area contributed by atoms with Crippen molar-refractivity contribution in [3.63, 3.8) is 0 Å². The van der Waals surface area contributed by atoms with E-state index in [0.29, 0.717) is 19.0 Å². The van der Waals surface area contributed by atoms with Gasteiger partial charge in [-0.3, -0.25) is 15.1 Å². The molecule has 7 nitrogen and oxygen atoms in total. The number of nitrogens with one attached hydrogen (secondary N) is 1. The number of esters is 1. The molecule has 1 amide bonds. The molecule has 0 atom stereocenters. The highest BCUT2D eigenvalue weighted by atomic mass is 16.5. The van der Waals surface area contributed by atoms with Gasteiger partial charge in [-0.15, -0.1) is 5.10 Å². The molecule has 3 rings (SSSR count). The van der Waals surface area contributed by atoms with Crippen LogP contribution in [0.15, 0.2) is 41.1 Å². The zero-order valence-electron chi connectivity index (χ0n) is 13.1. The van der Waals surface area contributed by atoms with Crippen LogP contribution in [0.2, 0.25) is 0 Å². The topological polar surface area (TPSA) is 74.2 Å². The zero-order valence-corrected chi connectivity index (χ0v) is 13.1. The van der Waals surface area contributed by atoms with E-state index in [4.69, 9.17) is 4.74 Å². The third-order valence-corrected chi connectivity index (χ3v) is 3.78. The number of carbonyl (C=O) groups excluding carboxylic acids is 2. The van der Waals surface area contributed by atoms with Crippen molar-refractivity contribution in [1.82, 2.24) is 10.3 Å². The van der Waals surface area contributed by atoms with Crippen LogP contribution in [0.4, 0.5) is 5.69 Å². The van der Waals surface area contributed by atoms with E-state index in [1.54, 1.807) is 6.92 Å². The summed E-state index contributed by atoms with van der Waals surface area (Å²) in [6, 6.07) is 7.90. The van der Waals surface area contributed by atoms with Crippen molar-refractivity contribution in [3.05, 3.63) is 41.6 Å². The van der Waals surface area contributed by atoms with Crippen LogP contribution in [-0.4, -0.2) is 42.4 Å². The van der Waals surface area contributed by atoms with Crippen LogP contribution >= 0.6 is 0 Å². The van der Waals surface area contributed by atoms with Gasteiger partial charge in [-0.1, -0.05) is 18.2 Å². The Morgan fingerprint density at radius 3 is 2.78 bits per heavy atom. The van der Waals surface area contributed by atoms with E-state index in [-0.39, 0.29) is 12.2 Å². The molecular weight excluding hydrogens is 296 g/mol. The molecular formula is C16H18N4O3. The van der Waals surface area contributed by atoms with Gasteiger partial charge in [-0.05, 0) is 25.5 Å². The first-order valence-corrected chi connectivity index (χ1v) is 7.49. The molecule has 0 aromatic heterocycles. The number of para-hydroxylation sites is 1. The van der Waals surface area contributed by atoms with Crippen LogP contribution < -0.4 is 10.3 Å². The molecule has 0 spiro atoms. The number of carbonyl (C=O) groups is 2. The first-order valence-electron chi connectivity index (χ1n) is 7.49. The molecule has 1 saturated heterocycles. The molecule has 2 aliphatic rings. The fraction of sp³-hybridized carbons (Fsp3) is 0.312. The fourth-order valence-electron chi connectivity index (χ4n) is 2.67. The van der Waals surface area contributed by atoms with E-state index < -0.39 is 11.9 Å². The maximum absolute atomic E-state index is 12.6. The molecule has 1 fully saturated rings. The molecule has 1 aromatic carbocycles. The average Bonchev–Trinajstić information content (AvgIpc) is 2.88. The minimum Gasteiger partial charge on any atom is -0.462 e. The van der Waals surface area contributed by atoms with Gasteiger partial charge >= 0.3 is 5.97 Å². The fourth-order valence-corrected chi connectivity index (χ4v) is 2.67. The largest absolute Gasteiger partial charge is 0.462 e. The number of fused-ring (bicyclic) bond motifs is 1. The minimum absolute atomic E-state index is 0.0442. The molecule has 23 heavy (non-hydrogen) atoms. The van der Waals surface area contributed by atoms with Crippen molar-refractivity contribution in [1.29, 1.82) is 0 Å². The monoisotopic (exact) mass is 314 g/mol. The highest BCUT2D eigenvalue weighted by molar-refractivity contribution is 6.22. The second-order valence-corrected chi connectivity index (χ2v) is 5.21. The SMILES string of the molecule is CCOC(=O)C1=CNN=C2N(CCN2c2ccccc2C)C1=O. The van der Waals surface area contributed by atoms with Gasteiger partial charge in [0.05, 0.1) is 6.61 Å². The van der Waals surface area contributed by atoms with Gasteiger partial charge in [0.15, 0.2) is 0 Å². The van der Waals surface area contributed by atoms with Gasteiger partial charge in [-0.2, -0.15) is 0 Å². The smallest absolute Gasteiger partial charge is 0.345 e. The summed E-state index contributed by atoms with van der Waals surface area (Å²) < 4.78 is 4.93. The van der Waals surface area contributed by atoms with Gasteiger partial charge < -0.3 is 9.64 Å². The van der Waals surface area contributed by atoms with E-state index >= 15 is 0 Å². The van der Waals surface area contributed by atoms with Gasteiger partial charge in [0.25, 0.3) is 5.91 Å². The number of nitrogens with zero attached hydrogens (tertiary/aromatic N) is 3. The first kappa shape index (κ1) is 15.1. The molecule has 2 heterocycles. The number of aryl methyl sites for hydroxylation is 1. The van der Waals surface area contributed by atoms with Crippen LogP contribution in [-0.2, 0) is 14.3 Å². The van der Waals surface area contributed by atoms with E-state index in [9.17, 15) is 9.59 Å². The maximum Gasteiger partial charge on any atom is 0.345 e. The lowest BCUT2D eigenvalue weighted by atomic mass is 10.2. The number of hydrogen-bond acceptors (Lipinski definition) is 6. The Hall–Kier alpha value is -2.83. The quantitative estimate of drug-likeness (QED) is 0.664. The third kappa shape index (κ3) is 2.65. The Bertz CT molecular complexity index is 711.